The van der Waals surface area contributed by atoms with Crippen LogP contribution in [0.2, 0.25) is 0 Å². The van der Waals surface area contributed by atoms with Crippen LogP contribution >= 0.6 is 11.3 Å². The minimum Gasteiger partial charge on any atom is -0.477 e. The van der Waals surface area contributed by atoms with E-state index in [1.165, 1.54) is 11.4 Å². The highest BCUT2D eigenvalue weighted by Crippen LogP contribution is 2.20. The first kappa shape index (κ1) is 13.5. The molecule has 1 aliphatic rings. The predicted molar refractivity (Wildman–Crippen MR) is 65.4 cm³/mol. The van der Waals surface area contributed by atoms with E-state index in [1.54, 1.807) is 0 Å². The molecule has 1 saturated heterocycles. The fourth-order valence-corrected chi connectivity index (χ4v) is 4.06. The van der Waals surface area contributed by atoms with E-state index in [0.717, 1.165) is 24.2 Å². The molecule has 2 rings (SSSR count). The Labute approximate surface area is 109 Å². The van der Waals surface area contributed by atoms with Crippen LogP contribution in [0.25, 0.3) is 0 Å². The zero-order chi connectivity index (χ0) is 13.2. The maximum atomic E-state index is 12.0. The summed E-state index contributed by atoms with van der Waals surface area (Å²) in [5, 5.41) is 10.1. The Morgan fingerprint density at radius 2 is 2.33 bits per heavy atom. The first-order chi connectivity index (χ1) is 8.49. The first-order valence-corrected chi connectivity index (χ1v) is 7.77. The molecule has 2 heterocycles. The molecule has 1 aliphatic heterocycles. The fourth-order valence-electron chi connectivity index (χ4n) is 1.69. The summed E-state index contributed by atoms with van der Waals surface area (Å²) in [5.74, 6) is -1.12. The molecule has 6 nitrogen and oxygen atoms in total. The molecule has 18 heavy (non-hydrogen) atoms. The van der Waals surface area contributed by atoms with Crippen molar-refractivity contribution in [3.05, 3.63) is 16.3 Å². The Kier molecular flexibility index (Phi) is 4.00. The number of thiophene rings is 1. The Morgan fingerprint density at radius 3 is 2.89 bits per heavy atom. The largest absolute Gasteiger partial charge is 0.477 e. The molecule has 0 aliphatic carbocycles. The average molecular weight is 291 g/mol. The quantitative estimate of drug-likeness (QED) is 0.860. The number of ether oxygens (including phenoxy) is 1. The van der Waals surface area contributed by atoms with Gasteiger partial charge in [-0.1, -0.05) is 0 Å². The molecule has 2 N–H and O–H groups in total. The van der Waals surface area contributed by atoms with Gasteiger partial charge in [-0.05, 0) is 18.9 Å². The van der Waals surface area contributed by atoms with E-state index in [1.807, 2.05) is 0 Å². The molecule has 1 aromatic heterocycles. The fraction of sp³-hybridized carbons (Fsp3) is 0.500. The third kappa shape index (κ3) is 3.08. The highest BCUT2D eigenvalue weighted by Gasteiger charge is 2.24. The van der Waals surface area contributed by atoms with Crippen LogP contribution < -0.4 is 4.72 Å². The van der Waals surface area contributed by atoms with Gasteiger partial charge in [0.05, 0.1) is 11.5 Å². The maximum Gasteiger partial charge on any atom is 0.345 e. The van der Waals surface area contributed by atoms with Crippen LogP contribution in [0.5, 0.6) is 0 Å². The number of carbonyl (C=O) groups is 1. The van der Waals surface area contributed by atoms with E-state index in [0.29, 0.717) is 13.2 Å². The van der Waals surface area contributed by atoms with Gasteiger partial charge in [-0.3, -0.25) is 0 Å². The van der Waals surface area contributed by atoms with Crippen LogP contribution in [0, 0.1) is 0 Å². The highest BCUT2D eigenvalue weighted by atomic mass is 32.2. The molecule has 0 amide bonds. The zero-order valence-electron chi connectivity index (χ0n) is 9.46. The minimum absolute atomic E-state index is 0.00419. The van der Waals surface area contributed by atoms with Crippen molar-refractivity contribution in [2.45, 2.75) is 23.8 Å². The number of rotatable bonds is 4. The second-order valence-electron chi connectivity index (χ2n) is 3.99. The molecule has 1 fully saturated rings. The molecule has 0 spiro atoms. The summed E-state index contributed by atoms with van der Waals surface area (Å²) in [4.78, 5) is 10.7. The Balaban J connectivity index is 2.11. The van der Waals surface area contributed by atoms with Crippen LogP contribution in [0.1, 0.15) is 22.5 Å². The van der Waals surface area contributed by atoms with Crippen molar-refractivity contribution in [1.82, 2.24) is 4.72 Å². The van der Waals surface area contributed by atoms with Gasteiger partial charge in [-0.15, -0.1) is 11.3 Å². The van der Waals surface area contributed by atoms with Gasteiger partial charge in [0.15, 0.2) is 0 Å². The van der Waals surface area contributed by atoms with Gasteiger partial charge < -0.3 is 9.84 Å². The molecule has 0 bridgehead atoms. The van der Waals surface area contributed by atoms with Crippen LogP contribution in [0.3, 0.4) is 0 Å². The van der Waals surface area contributed by atoms with Gasteiger partial charge >= 0.3 is 5.97 Å². The second kappa shape index (κ2) is 5.35. The van der Waals surface area contributed by atoms with Gasteiger partial charge in [-0.2, -0.15) is 0 Å². The third-order valence-electron chi connectivity index (χ3n) is 2.58. The number of hydrogen-bond acceptors (Lipinski definition) is 5. The van der Waals surface area contributed by atoms with E-state index in [9.17, 15) is 13.2 Å². The summed E-state index contributed by atoms with van der Waals surface area (Å²) < 4.78 is 31.7. The summed E-state index contributed by atoms with van der Waals surface area (Å²) in [5.41, 5.74) is 0. The standard InChI is InChI=1S/C10H13NO5S2/c12-10(13)9-4-8(6-17-9)18(14,15)11-7-2-1-3-16-5-7/h4,6-7,11H,1-3,5H2,(H,12,13). The minimum atomic E-state index is -3.66. The molecular weight excluding hydrogens is 278 g/mol. The van der Waals surface area contributed by atoms with Crippen molar-refractivity contribution in [1.29, 1.82) is 0 Å². The van der Waals surface area contributed by atoms with Gasteiger partial charge in [0.2, 0.25) is 10.0 Å². The van der Waals surface area contributed by atoms with Gasteiger partial charge in [0.25, 0.3) is 0 Å². The molecule has 0 radical (unpaired) electrons. The lowest BCUT2D eigenvalue weighted by molar-refractivity contribution is 0.0702. The number of carboxylic acids is 1. The van der Waals surface area contributed by atoms with Crippen molar-refractivity contribution < 1.29 is 23.1 Å². The lowest BCUT2D eigenvalue weighted by Gasteiger charge is -2.22. The molecule has 1 atom stereocenters. The molecule has 1 unspecified atom stereocenters. The van der Waals surface area contributed by atoms with Crippen LogP contribution in [0.15, 0.2) is 16.3 Å². The second-order valence-corrected chi connectivity index (χ2v) is 6.61. The van der Waals surface area contributed by atoms with Gasteiger partial charge in [0.1, 0.15) is 4.88 Å². The number of nitrogens with one attached hydrogen (secondary N) is 1. The summed E-state index contributed by atoms with van der Waals surface area (Å²) in [7, 11) is -3.66. The van der Waals surface area contributed by atoms with Crippen molar-refractivity contribution in [3.63, 3.8) is 0 Å². The van der Waals surface area contributed by atoms with Gasteiger partial charge in [-0.25, -0.2) is 17.9 Å². The van der Waals surface area contributed by atoms with E-state index < -0.39 is 16.0 Å². The highest BCUT2D eigenvalue weighted by molar-refractivity contribution is 7.89. The monoisotopic (exact) mass is 291 g/mol. The molecule has 0 saturated carbocycles. The number of carboxylic acid groups (broad SMARTS) is 1. The third-order valence-corrected chi connectivity index (χ3v) is 5.15. The topological polar surface area (TPSA) is 92.7 Å². The molecule has 8 heteroatoms. The summed E-state index contributed by atoms with van der Waals surface area (Å²) in [6.45, 7) is 1.01. The summed E-state index contributed by atoms with van der Waals surface area (Å²) in [6.07, 6.45) is 1.55. The normalized spacial score (nSPS) is 20.8. The zero-order valence-corrected chi connectivity index (χ0v) is 11.1. The van der Waals surface area contributed by atoms with Crippen molar-refractivity contribution in [2.75, 3.05) is 13.2 Å². The summed E-state index contributed by atoms with van der Waals surface area (Å²) >= 11 is 0.897. The maximum absolute atomic E-state index is 12.0. The van der Waals surface area contributed by atoms with E-state index >= 15 is 0 Å². The lowest BCUT2D eigenvalue weighted by atomic mass is 10.1. The summed E-state index contributed by atoms with van der Waals surface area (Å²) in [6, 6.07) is 0.927. The number of sulfonamides is 1. The van der Waals surface area contributed by atoms with Crippen molar-refractivity contribution in [3.8, 4) is 0 Å². The van der Waals surface area contributed by atoms with Crippen molar-refractivity contribution in [2.24, 2.45) is 0 Å². The molecule has 100 valence electrons. The first-order valence-electron chi connectivity index (χ1n) is 5.41. The van der Waals surface area contributed by atoms with Crippen molar-refractivity contribution >= 4 is 27.3 Å². The number of aromatic carboxylic acids is 1. The van der Waals surface area contributed by atoms with E-state index in [-0.39, 0.29) is 15.8 Å². The average Bonchev–Trinajstić information content (AvgIpc) is 2.79. The van der Waals surface area contributed by atoms with Crippen LogP contribution in [-0.2, 0) is 14.8 Å². The van der Waals surface area contributed by atoms with Gasteiger partial charge in [0, 0.05) is 18.0 Å². The Hall–Kier alpha value is -0.960. The van der Waals surface area contributed by atoms with E-state index in [4.69, 9.17) is 9.84 Å². The molecule has 0 aromatic carbocycles. The Morgan fingerprint density at radius 1 is 1.56 bits per heavy atom. The van der Waals surface area contributed by atoms with Crippen LogP contribution in [0.4, 0.5) is 0 Å². The SMILES string of the molecule is O=C(O)c1cc(S(=O)(=O)NC2CCCOC2)cs1. The lowest BCUT2D eigenvalue weighted by Crippen LogP contribution is -2.40. The smallest absolute Gasteiger partial charge is 0.345 e. The predicted octanol–water partition coefficient (Wildman–Crippen LogP) is 0.904. The molecular formula is C10H13NO5S2. The van der Waals surface area contributed by atoms with E-state index in [2.05, 4.69) is 4.72 Å². The number of hydrogen-bond donors (Lipinski definition) is 2. The molecule has 1 aromatic rings. The Bertz CT molecular complexity index is 530. The van der Waals surface area contributed by atoms with Crippen LogP contribution in [-0.4, -0.2) is 38.7 Å².